The number of carboxylic acid groups (broad SMARTS) is 1. The van der Waals surface area contributed by atoms with Crippen molar-refractivity contribution in [1.29, 1.82) is 0 Å². The third kappa shape index (κ3) is 4.42. The van der Waals surface area contributed by atoms with E-state index in [0.717, 1.165) is 5.56 Å². The van der Waals surface area contributed by atoms with Gasteiger partial charge in [0, 0.05) is 5.57 Å². The second-order valence-corrected chi connectivity index (χ2v) is 3.19. The first-order valence-corrected chi connectivity index (χ1v) is 4.72. The third-order valence-corrected chi connectivity index (χ3v) is 1.96. The van der Waals surface area contributed by atoms with Crippen LogP contribution in [0.2, 0.25) is 0 Å². The molecule has 0 saturated heterocycles. The summed E-state index contributed by atoms with van der Waals surface area (Å²) >= 11 is 0. The molecule has 0 spiro atoms. The number of ether oxygens (including phenoxy) is 1. The Labute approximate surface area is 89.0 Å². The van der Waals surface area contributed by atoms with Gasteiger partial charge in [-0.25, -0.2) is 4.79 Å². The Morgan fingerprint density at radius 3 is 2.67 bits per heavy atom. The number of aliphatic carboxylic acids is 1. The van der Waals surface area contributed by atoms with E-state index < -0.39 is 5.97 Å². The molecule has 3 nitrogen and oxygen atoms in total. The summed E-state index contributed by atoms with van der Waals surface area (Å²) in [5.74, 6) is -0.904. The van der Waals surface area contributed by atoms with Crippen LogP contribution in [-0.2, 0) is 16.1 Å². The molecule has 1 aromatic carbocycles. The van der Waals surface area contributed by atoms with Crippen LogP contribution in [0.5, 0.6) is 0 Å². The molecule has 3 heteroatoms. The van der Waals surface area contributed by atoms with Crippen LogP contribution < -0.4 is 0 Å². The molecule has 0 unspecified atom stereocenters. The van der Waals surface area contributed by atoms with Crippen molar-refractivity contribution in [3.63, 3.8) is 0 Å². The fraction of sp³-hybridized carbons (Fsp3) is 0.250. The first-order chi connectivity index (χ1) is 7.20. The number of carbonyl (C=O) groups is 1. The highest BCUT2D eigenvalue weighted by Crippen LogP contribution is 2.01. The first-order valence-electron chi connectivity index (χ1n) is 4.72. The van der Waals surface area contributed by atoms with Gasteiger partial charge in [-0.15, -0.1) is 0 Å². The summed E-state index contributed by atoms with van der Waals surface area (Å²) in [5.41, 5.74) is 1.39. The van der Waals surface area contributed by atoms with E-state index in [0.29, 0.717) is 18.8 Å². The van der Waals surface area contributed by atoms with Crippen LogP contribution in [0.25, 0.3) is 0 Å². The van der Waals surface area contributed by atoms with E-state index in [2.05, 4.69) is 0 Å². The van der Waals surface area contributed by atoms with Gasteiger partial charge in [-0.3, -0.25) is 0 Å². The zero-order chi connectivity index (χ0) is 11.1. The van der Waals surface area contributed by atoms with Crippen LogP contribution in [0.3, 0.4) is 0 Å². The predicted molar refractivity (Wildman–Crippen MR) is 57.5 cm³/mol. The molecule has 0 atom stereocenters. The highest BCUT2D eigenvalue weighted by molar-refractivity contribution is 5.85. The fourth-order valence-electron chi connectivity index (χ4n) is 1.02. The summed E-state index contributed by atoms with van der Waals surface area (Å²) < 4.78 is 5.30. The van der Waals surface area contributed by atoms with Gasteiger partial charge in [-0.05, 0) is 18.6 Å². The van der Waals surface area contributed by atoms with E-state index >= 15 is 0 Å². The Bertz CT molecular complexity index is 341. The van der Waals surface area contributed by atoms with E-state index in [1.807, 2.05) is 30.3 Å². The van der Waals surface area contributed by atoms with Gasteiger partial charge in [-0.1, -0.05) is 30.3 Å². The monoisotopic (exact) mass is 206 g/mol. The predicted octanol–water partition coefficient (Wildman–Crippen LogP) is 2.23. The molecule has 0 amide bonds. The minimum atomic E-state index is -0.904. The maximum Gasteiger partial charge on any atom is 0.331 e. The van der Waals surface area contributed by atoms with Crippen molar-refractivity contribution in [2.75, 3.05) is 6.61 Å². The van der Waals surface area contributed by atoms with Crippen molar-refractivity contribution < 1.29 is 14.6 Å². The number of carboxylic acids is 1. The molecule has 1 aromatic rings. The summed E-state index contributed by atoms with van der Waals surface area (Å²) in [4.78, 5) is 10.4. The molecule has 0 aliphatic rings. The van der Waals surface area contributed by atoms with Crippen LogP contribution in [-0.4, -0.2) is 17.7 Å². The Balaban J connectivity index is 2.29. The lowest BCUT2D eigenvalue weighted by Crippen LogP contribution is -1.99. The summed E-state index contributed by atoms with van der Waals surface area (Å²) in [6, 6.07) is 9.76. The van der Waals surface area contributed by atoms with Gasteiger partial charge < -0.3 is 9.84 Å². The van der Waals surface area contributed by atoms with Crippen LogP contribution in [0, 0.1) is 0 Å². The maximum atomic E-state index is 10.4. The van der Waals surface area contributed by atoms with Gasteiger partial charge in [0.25, 0.3) is 0 Å². The Morgan fingerprint density at radius 1 is 1.40 bits per heavy atom. The Kier molecular flexibility index (Phi) is 4.57. The van der Waals surface area contributed by atoms with Crippen LogP contribution in [0.1, 0.15) is 12.5 Å². The first kappa shape index (κ1) is 11.5. The van der Waals surface area contributed by atoms with Gasteiger partial charge in [0.05, 0.1) is 13.2 Å². The second-order valence-electron chi connectivity index (χ2n) is 3.19. The standard InChI is InChI=1S/C12H14O3/c1-10(12(13)14)7-8-15-9-11-5-3-2-4-6-11/h2-7H,8-9H2,1H3,(H,13,14). The highest BCUT2D eigenvalue weighted by Gasteiger charge is 1.97. The van der Waals surface area contributed by atoms with Crippen LogP contribution >= 0.6 is 0 Å². The van der Waals surface area contributed by atoms with E-state index in [9.17, 15) is 4.79 Å². The zero-order valence-electron chi connectivity index (χ0n) is 8.64. The number of hydrogen-bond acceptors (Lipinski definition) is 2. The summed E-state index contributed by atoms with van der Waals surface area (Å²) in [7, 11) is 0. The summed E-state index contributed by atoms with van der Waals surface area (Å²) in [6.45, 7) is 2.38. The minimum Gasteiger partial charge on any atom is -0.478 e. The summed E-state index contributed by atoms with van der Waals surface area (Å²) in [6.07, 6.45) is 1.56. The molecule has 0 aromatic heterocycles. The zero-order valence-corrected chi connectivity index (χ0v) is 8.64. The van der Waals surface area contributed by atoms with Crippen molar-refractivity contribution in [3.05, 3.63) is 47.5 Å². The van der Waals surface area contributed by atoms with Crippen molar-refractivity contribution in [2.45, 2.75) is 13.5 Å². The molecule has 80 valence electrons. The van der Waals surface area contributed by atoms with E-state index in [4.69, 9.17) is 9.84 Å². The second kappa shape index (κ2) is 5.98. The molecule has 0 heterocycles. The van der Waals surface area contributed by atoms with Gasteiger partial charge in [0.2, 0.25) is 0 Å². The Hall–Kier alpha value is -1.61. The summed E-state index contributed by atoms with van der Waals surface area (Å²) in [5, 5.41) is 8.57. The molecule has 1 rings (SSSR count). The third-order valence-electron chi connectivity index (χ3n) is 1.96. The SMILES string of the molecule is CC(=CCOCc1ccccc1)C(=O)O. The van der Waals surface area contributed by atoms with Crippen molar-refractivity contribution in [2.24, 2.45) is 0 Å². The Morgan fingerprint density at radius 2 is 2.07 bits per heavy atom. The van der Waals surface area contributed by atoms with E-state index in [-0.39, 0.29) is 0 Å². The lowest BCUT2D eigenvalue weighted by Gasteiger charge is -2.01. The number of rotatable bonds is 5. The normalized spacial score (nSPS) is 11.4. The lowest BCUT2D eigenvalue weighted by atomic mass is 10.2. The van der Waals surface area contributed by atoms with Crippen LogP contribution in [0.4, 0.5) is 0 Å². The van der Waals surface area contributed by atoms with Gasteiger partial charge in [0.15, 0.2) is 0 Å². The fourth-order valence-corrected chi connectivity index (χ4v) is 1.02. The molecule has 0 radical (unpaired) electrons. The number of benzene rings is 1. The average molecular weight is 206 g/mol. The molecular weight excluding hydrogens is 192 g/mol. The van der Waals surface area contributed by atoms with E-state index in [1.165, 1.54) is 0 Å². The molecule has 0 aliphatic heterocycles. The molecule has 0 saturated carbocycles. The maximum absolute atomic E-state index is 10.4. The lowest BCUT2D eigenvalue weighted by molar-refractivity contribution is -0.132. The average Bonchev–Trinajstić information content (AvgIpc) is 2.25. The molecular formula is C12H14O3. The topological polar surface area (TPSA) is 46.5 Å². The van der Waals surface area contributed by atoms with Crippen LogP contribution in [0.15, 0.2) is 42.0 Å². The molecule has 0 bridgehead atoms. The smallest absolute Gasteiger partial charge is 0.331 e. The number of hydrogen-bond donors (Lipinski definition) is 1. The highest BCUT2D eigenvalue weighted by atomic mass is 16.5. The van der Waals surface area contributed by atoms with Crippen molar-refractivity contribution in [3.8, 4) is 0 Å². The van der Waals surface area contributed by atoms with Crippen molar-refractivity contribution in [1.82, 2.24) is 0 Å². The molecule has 1 N–H and O–H groups in total. The molecule has 0 aliphatic carbocycles. The quantitative estimate of drug-likeness (QED) is 0.593. The van der Waals surface area contributed by atoms with Gasteiger partial charge in [0.1, 0.15) is 0 Å². The van der Waals surface area contributed by atoms with E-state index in [1.54, 1.807) is 13.0 Å². The largest absolute Gasteiger partial charge is 0.478 e. The van der Waals surface area contributed by atoms with Gasteiger partial charge >= 0.3 is 5.97 Å². The van der Waals surface area contributed by atoms with Crippen molar-refractivity contribution >= 4 is 5.97 Å². The minimum absolute atomic E-state index is 0.308. The molecule has 15 heavy (non-hydrogen) atoms. The molecule has 0 fully saturated rings. The van der Waals surface area contributed by atoms with Gasteiger partial charge in [-0.2, -0.15) is 0 Å².